The van der Waals surface area contributed by atoms with Crippen LogP contribution in [-0.2, 0) is 15.0 Å². The molecule has 0 aliphatic carbocycles. The van der Waals surface area contributed by atoms with Crippen LogP contribution < -0.4 is 15.0 Å². The molecule has 2 amide bonds. The molecule has 0 spiro atoms. The fraction of sp³-hybridized carbons (Fsp3) is 0.364. The van der Waals surface area contributed by atoms with Gasteiger partial charge in [0.05, 0.1) is 4.47 Å². The lowest BCUT2D eigenvalue weighted by Gasteiger charge is -2.20. The molecule has 1 aliphatic rings. The second kappa shape index (κ2) is 8.35. The molecular weight excluding hydrogens is 420 g/mol. The van der Waals surface area contributed by atoms with Crippen LogP contribution in [-0.4, -0.2) is 25.0 Å². The van der Waals surface area contributed by atoms with Gasteiger partial charge in [0.1, 0.15) is 5.75 Å². The van der Waals surface area contributed by atoms with Crippen LogP contribution in [0, 0.1) is 0 Å². The lowest BCUT2D eigenvalue weighted by atomic mass is 9.87. The van der Waals surface area contributed by atoms with E-state index in [-0.39, 0.29) is 23.8 Å². The number of carbonyl (C=O) groups excluding carboxylic acids is 2. The molecule has 28 heavy (non-hydrogen) atoms. The Kier molecular flexibility index (Phi) is 6.08. The molecule has 3 rings (SSSR count). The summed E-state index contributed by atoms with van der Waals surface area (Å²) in [7, 11) is 0. The summed E-state index contributed by atoms with van der Waals surface area (Å²) in [5.74, 6) is 0.538. The van der Waals surface area contributed by atoms with E-state index in [4.69, 9.17) is 4.74 Å². The second-order valence-corrected chi connectivity index (χ2v) is 8.78. The summed E-state index contributed by atoms with van der Waals surface area (Å²) < 4.78 is 6.47. The van der Waals surface area contributed by atoms with Crippen molar-refractivity contribution in [1.82, 2.24) is 0 Å². The Hall–Kier alpha value is -2.34. The number of rotatable bonds is 5. The highest BCUT2D eigenvalue weighted by atomic mass is 79.9. The number of ether oxygens (including phenoxy) is 1. The summed E-state index contributed by atoms with van der Waals surface area (Å²) >= 11 is 3.51. The highest BCUT2D eigenvalue weighted by molar-refractivity contribution is 9.10. The number of nitrogens with one attached hydrogen (secondary N) is 1. The summed E-state index contributed by atoms with van der Waals surface area (Å²) in [6, 6.07) is 13.2. The van der Waals surface area contributed by atoms with Crippen molar-refractivity contribution in [3.63, 3.8) is 0 Å². The Labute approximate surface area is 174 Å². The number of carbonyl (C=O) groups is 2. The minimum atomic E-state index is -0.239. The largest absolute Gasteiger partial charge is 0.483 e. The molecule has 0 bridgehead atoms. The van der Waals surface area contributed by atoms with E-state index in [1.165, 1.54) is 5.56 Å². The first-order chi connectivity index (χ1) is 13.2. The molecule has 1 heterocycles. The number of amides is 2. The zero-order valence-electron chi connectivity index (χ0n) is 16.4. The van der Waals surface area contributed by atoms with Crippen molar-refractivity contribution >= 4 is 39.1 Å². The van der Waals surface area contributed by atoms with E-state index in [1.54, 1.807) is 17.0 Å². The average Bonchev–Trinajstić information content (AvgIpc) is 3.06. The first kappa shape index (κ1) is 20.4. The van der Waals surface area contributed by atoms with Gasteiger partial charge in [0, 0.05) is 24.3 Å². The number of benzene rings is 2. The number of hydrogen-bond donors (Lipinski definition) is 1. The molecule has 0 aromatic heterocycles. The third kappa shape index (κ3) is 4.93. The van der Waals surface area contributed by atoms with Crippen LogP contribution in [0.4, 0.5) is 11.4 Å². The Morgan fingerprint density at radius 3 is 2.46 bits per heavy atom. The quantitative estimate of drug-likeness (QED) is 0.713. The van der Waals surface area contributed by atoms with E-state index in [1.807, 2.05) is 30.3 Å². The zero-order valence-corrected chi connectivity index (χ0v) is 18.0. The SMILES string of the molecule is CC(C)(C)c1ccc(OCC(=O)Nc2ccc(N3CCCC3=O)cc2)c(Br)c1. The van der Waals surface area contributed by atoms with Crippen molar-refractivity contribution in [3.05, 3.63) is 52.5 Å². The van der Waals surface area contributed by atoms with Gasteiger partial charge in [-0.2, -0.15) is 0 Å². The van der Waals surface area contributed by atoms with Gasteiger partial charge in [0.2, 0.25) is 5.91 Å². The van der Waals surface area contributed by atoms with Crippen molar-refractivity contribution < 1.29 is 14.3 Å². The van der Waals surface area contributed by atoms with Gasteiger partial charge in [0.15, 0.2) is 6.61 Å². The van der Waals surface area contributed by atoms with Crippen molar-refractivity contribution in [3.8, 4) is 5.75 Å². The van der Waals surface area contributed by atoms with Crippen LogP contribution in [0.25, 0.3) is 0 Å². The minimum absolute atomic E-state index is 0.0459. The molecule has 1 N–H and O–H groups in total. The van der Waals surface area contributed by atoms with Crippen LogP contribution >= 0.6 is 15.9 Å². The van der Waals surface area contributed by atoms with Crippen LogP contribution in [0.1, 0.15) is 39.2 Å². The molecule has 1 fully saturated rings. The van der Waals surface area contributed by atoms with Crippen molar-refractivity contribution in [2.24, 2.45) is 0 Å². The van der Waals surface area contributed by atoms with E-state index < -0.39 is 0 Å². The maximum absolute atomic E-state index is 12.2. The van der Waals surface area contributed by atoms with Gasteiger partial charge in [-0.15, -0.1) is 0 Å². The van der Waals surface area contributed by atoms with Gasteiger partial charge >= 0.3 is 0 Å². The molecule has 1 saturated heterocycles. The van der Waals surface area contributed by atoms with Gasteiger partial charge in [-0.3, -0.25) is 9.59 Å². The molecular formula is C22H25BrN2O3. The molecule has 6 heteroatoms. The topological polar surface area (TPSA) is 58.6 Å². The van der Waals surface area contributed by atoms with Gasteiger partial charge in [0.25, 0.3) is 5.91 Å². The maximum atomic E-state index is 12.2. The molecule has 0 radical (unpaired) electrons. The molecule has 5 nitrogen and oxygen atoms in total. The van der Waals surface area contributed by atoms with Gasteiger partial charge < -0.3 is 15.0 Å². The van der Waals surface area contributed by atoms with E-state index in [2.05, 4.69) is 42.0 Å². The van der Waals surface area contributed by atoms with Gasteiger partial charge in [-0.05, 0) is 69.7 Å². The van der Waals surface area contributed by atoms with E-state index in [0.29, 0.717) is 17.9 Å². The number of anilines is 2. The Morgan fingerprint density at radius 2 is 1.89 bits per heavy atom. The third-order valence-corrected chi connectivity index (χ3v) is 5.31. The molecule has 0 atom stereocenters. The normalized spacial score (nSPS) is 14.3. The molecule has 0 saturated carbocycles. The predicted octanol–water partition coefficient (Wildman–Crippen LogP) is 4.89. The van der Waals surface area contributed by atoms with Crippen molar-refractivity contribution in [2.75, 3.05) is 23.4 Å². The highest BCUT2D eigenvalue weighted by Gasteiger charge is 2.21. The number of nitrogens with zero attached hydrogens (tertiary/aromatic N) is 1. The maximum Gasteiger partial charge on any atom is 0.262 e. The molecule has 0 unspecified atom stereocenters. The monoisotopic (exact) mass is 444 g/mol. The van der Waals surface area contributed by atoms with Crippen LogP contribution in [0.5, 0.6) is 5.75 Å². The van der Waals surface area contributed by atoms with Crippen LogP contribution in [0.3, 0.4) is 0 Å². The Balaban J connectivity index is 1.55. The van der Waals surface area contributed by atoms with Crippen LogP contribution in [0.2, 0.25) is 0 Å². The standard InChI is InChI=1S/C22H25BrN2O3/c1-22(2,3)15-6-11-19(18(23)13-15)28-14-20(26)24-16-7-9-17(10-8-16)25-12-4-5-21(25)27/h6-11,13H,4-5,12,14H2,1-3H3,(H,24,26). The highest BCUT2D eigenvalue weighted by Crippen LogP contribution is 2.31. The number of halogens is 1. The van der Waals surface area contributed by atoms with Crippen LogP contribution in [0.15, 0.2) is 46.9 Å². The molecule has 2 aromatic rings. The predicted molar refractivity (Wildman–Crippen MR) is 115 cm³/mol. The Morgan fingerprint density at radius 1 is 1.18 bits per heavy atom. The summed E-state index contributed by atoms with van der Waals surface area (Å²) in [6.07, 6.45) is 1.49. The summed E-state index contributed by atoms with van der Waals surface area (Å²) in [4.78, 5) is 25.8. The van der Waals surface area contributed by atoms with E-state index in [0.717, 1.165) is 23.1 Å². The fourth-order valence-corrected chi connectivity index (χ4v) is 3.56. The second-order valence-electron chi connectivity index (χ2n) is 7.93. The van der Waals surface area contributed by atoms with Crippen molar-refractivity contribution in [1.29, 1.82) is 0 Å². The molecule has 1 aliphatic heterocycles. The number of hydrogen-bond acceptors (Lipinski definition) is 3. The van der Waals surface area contributed by atoms with E-state index in [9.17, 15) is 9.59 Å². The van der Waals surface area contributed by atoms with Gasteiger partial charge in [-0.25, -0.2) is 0 Å². The average molecular weight is 445 g/mol. The van der Waals surface area contributed by atoms with Crippen molar-refractivity contribution in [2.45, 2.75) is 39.0 Å². The lowest BCUT2D eigenvalue weighted by molar-refractivity contribution is -0.118. The smallest absolute Gasteiger partial charge is 0.262 e. The fourth-order valence-electron chi connectivity index (χ4n) is 3.07. The van der Waals surface area contributed by atoms with Gasteiger partial charge in [-0.1, -0.05) is 26.8 Å². The minimum Gasteiger partial charge on any atom is -0.483 e. The first-order valence-corrected chi connectivity index (χ1v) is 10.2. The zero-order chi connectivity index (χ0) is 20.3. The first-order valence-electron chi connectivity index (χ1n) is 9.37. The summed E-state index contributed by atoms with van der Waals surface area (Å²) in [6.45, 7) is 7.11. The van der Waals surface area contributed by atoms with E-state index >= 15 is 0 Å². The molecule has 2 aromatic carbocycles. The summed E-state index contributed by atoms with van der Waals surface area (Å²) in [5, 5.41) is 2.81. The Bertz CT molecular complexity index is 872. The third-order valence-electron chi connectivity index (χ3n) is 4.69. The lowest BCUT2D eigenvalue weighted by Crippen LogP contribution is -2.23. The summed E-state index contributed by atoms with van der Waals surface area (Å²) in [5.41, 5.74) is 2.77. The molecule has 148 valence electrons.